The standard InChI is InChI=1S/C15H17N5O3S/c1-11(18-19-14(17)21)13-5-7-20(10-13)24(22,23)15(2)6-3-4-12(8-15)9-16/h3-5,7-8,10H,6H2,1-2H3,(H3,17,19,21). The highest BCUT2D eigenvalue weighted by Gasteiger charge is 2.39. The van der Waals surface area contributed by atoms with Gasteiger partial charge in [-0.3, -0.25) is 3.97 Å². The quantitative estimate of drug-likeness (QED) is 0.626. The van der Waals surface area contributed by atoms with Crippen LogP contribution < -0.4 is 11.2 Å². The predicted molar refractivity (Wildman–Crippen MR) is 89.5 cm³/mol. The zero-order valence-corrected chi connectivity index (χ0v) is 14.0. The number of hydrogen-bond acceptors (Lipinski definition) is 5. The van der Waals surface area contributed by atoms with Gasteiger partial charge in [0.15, 0.2) is 0 Å². The molecule has 1 aromatic rings. The summed E-state index contributed by atoms with van der Waals surface area (Å²) in [7, 11) is -3.78. The number of carbonyl (C=O) groups is 1. The number of primary amides is 1. The second kappa shape index (κ2) is 6.33. The van der Waals surface area contributed by atoms with Crippen molar-refractivity contribution in [2.75, 3.05) is 0 Å². The van der Waals surface area contributed by atoms with E-state index in [0.717, 1.165) is 3.97 Å². The first-order valence-electron chi connectivity index (χ1n) is 7.02. The average Bonchev–Trinajstić information content (AvgIpc) is 3.03. The summed E-state index contributed by atoms with van der Waals surface area (Å²) in [5.41, 5.74) is 8.26. The van der Waals surface area contributed by atoms with Gasteiger partial charge in [-0.1, -0.05) is 6.08 Å². The van der Waals surface area contributed by atoms with E-state index in [1.165, 1.54) is 18.5 Å². The van der Waals surface area contributed by atoms with Crippen molar-refractivity contribution in [1.29, 1.82) is 5.26 Å². The molecule has 1 aliphatic carbocycles. The van der Waals surface area contributed by atoms with Crippen LogP contribution in [0, 0.1) is 11.3 Å². The summed E-state index contributed by atoms with van der Waals surface area (Å²) in [5.74, 6) is 0. The van der Waals surface area contributed by atoms with E-state index in [9.17, 15) is 13.2 Å². The third kappa shape index (κ3) is 3.23. The molecule has 1 aromatic heterocycles. The lowest BCUT2D eigenvalue weighted by Crippen LogP contribution is -2.38. The first-order valence-corrected chi connectivity index (χ1v) is 8.46. The molecule has 1 unspecified atom stereocenters. The van der Waals surface area contributed by atoms with E-state index in [2.05, 4.69) is 10.5 Å². The molecule has 0 saturated heterocycles. The molecule has 0 saturated carbocycles. The SMILES string of the molecule is CC(=NNC(N)=O)c1ccn(S(=O)(=O)C2(C)C=C(C#N)C=CC2)c1. The third-order valence-corrected chi connectivity index (χ3v) is 5.94. The van der Waals surface area contributed by atoms with Crippen molar-refractivity contribution >= 4 is 21.8 Å². The molecular weight excluding hydrogens is 330 g/mol. The van der Waals surface area contributed by atoms with Gasteiger partial charge in [-0.15, -0.1) is 0 Å². The molecule has 0 radical (unpaired) electrons. The monoisotopic (exact) mass is 347 g/mol. The van der Waals surface area contributed by atoms with Crippen LogP contribution in [0.4, 0.5) is 4.79 Å². The van der Waals surface area contributed by atoms with Gasteiger partial charge in [-0.2, -0.15) is 10.4 Å². The van der Waals surface area contributed by atoms with Crippen LogP contribution in [0.3, 0.4) is 0 Å². The topological polar surface area (TPSA) is 130 Å². The molecule has 1 heterocycles. The molecule has 8 nitrogen and oxygen atoms in total. The predicted octanol–water partition coefficient (Wildman–Crippen LogP) is 1.23. The molecule has 1 aliphatic rings. The Morgan fingerprint density at radius 3 is 2.88 bits per heavy atom. The zero-order chi connectivity index (χ0) is 18.0. The number of nitrogens with one attached hydrogen (secondary N) is 1. The van der Waals surface area contributed by atoms with Crippen molar-refractivity contribution in [1.82, 2.24) is 9.40 Å². The van der Waals surface area contributed by atoms with Gasteiger partial charge in [0.1, 0.15) is 4.75 Å². The van der Waals surface area contributed by atoms with Crippen LogP contribution in [-0.4, -0.2) is 28.9 Å². The van der Waals surface area contributed by atoms with Crippen LogP contribution in [0.1, 0.15) is 25.8 Å². The van der Waals surface area contributed by atoms with Crippen molar-refractivity contribution in [2.45, 2.75) is 25.0 Å². The third-order valence-electron chi connectivity index (χ3n) is 3.70. The minimum atomic E-state index is -3.78. The molecule has 2 rings (SSSR count). The minimum Gasteiger partial charge on any atom is -0.350 e. The van der Waals surface area contributed by atoms with Gasteiger partial charge < -0.3 is 5.73 Å². The van der Waals surface area contributed by atoms with Crippen molar-refractivity contribution in [2.24, 2.45) is 10.8 Å². The molecule has 1 atom stereocenters. The highest BCUT2D eigenvalue weighted by atomic mass is 32.2. The summed E-state index contributed by atoms with van der Waals surface area (Å²) >= 11 is 0. The number of aromatic nitrogens is 1. The smallest absolute Gasteiger partial charge is 0.332 e. The van der Waals surface area contributed by atoms with E-state index in [1.54, 1.807) is 32.1 Å². The molecular formula is C15H17N5O3S. The van der Waals surface area contributed by atoms with Crippen molar-refractivity contribution in [3.63, 3.8) is 0 Å². The summed E-state index contributed by atoms with van der Waals surface area (Å²) in [5, 5.41) is 12.8. The first-order chi connectivity index (χ1) is 11.2. The molecule has 0 bridgehead atoms. The van der Waals surface area contributed by atoms with Gasteiger partial charge in [-0.05, 0) is 38.5 Å². The summed E-state index contributed by atoms with van der Waals surface area (Å²) < 4.78 is 25.7. The Morgan fingerprint density at radius 2 is 2.25 bits per heavy atom. The van der Waals surface area contributed by atoms with E-state index in [0.29, 0.717) is 16.8 Å². The highest BCUT2D eigenvalue weighted by molar-refractivity contribution is 7.91. The number of rotatable bonds is 4. The fourth-order valence-corrected chi connectivity index (χ4v) is 3.83. The Hall–Kier alpha value is -2.86. The van der Waals surface area contributed by atoms with Crippen LogP contribution in [-0.2, 0) is 10.0 Å². The van der Waals surface area contributed by atoms with Crippen molar-refractivity contribution in [3.8, 4) is 6.07 Å². The van der Waals surface area contributed by atoms with Crippen LogP contribution in [0.2, 0.25) is 0 Å². The van der Waals surface area contributed by atoms with Gasteiger partial charge in [0.25, 0.3) is 0 Å². The number of amides is 2. The largest absolute Gasteiger partial charge is 0.350 e. The molecule has 126 valence electrons. The molecule has 0 aliphatic heterocycles. The summed E-state index contributed by atoms with van der Waals surface area (Å²) in [4.78, 5) is 10.7. The van der Waals surface area contributed by atoms with E-state index >= 15 is 0 Å². The maximum absolute atomic E-state index is 12.9. The van der Waals surface area contributed by atoms with Gasteiger partial charge in [0.2, 0.25) is 10.0 Å². The number of nitriles is 1. The molecule has 3 N–H and O–H groups in total. The Morgan fingerprint density at radius 1 is 1.54 bits per heavy atom. The van der Waals surface area contributed by atoms with Gasteiger partial charge in [-0.25, -0.2) is 18.6 Å². The second-order valence-electron chi connectivity index (χ2n) is 5.54. The fourth-order valence-electron chi connectivity index (χ4n) is 2.29. The fraction of sp³-hybridized carbons (Fsp3) is 0.267. The number of urea groups is 1. The van der Waals surface area contributed by atoms with Crippen LogP contribution >= 0.6 is 0 Å². The van der Waals surface area contributed by atoms with E-state index < -0.39 is 20.8 Å². The zero-order valence-electron chi connectivity index (χ0n) is 13.2. The Kier molecular flexibility index (Phi) is 4.61. The molecule has 0 spiro atoms. The number of hydrazone groups is 1. The van der Waals surface area contributed by atoms with E-state index in [1.807, 2.05) is 6.07 Å². The number of carbonyl (C=O) groups excluding carboxylic acids is 1. The van der Waals surface area contributed by atoms with E-state index in [4.69, 9.17) is 11.0 Å². The maximum atomic E-state index is 12.9. The number of nitrogens with zero attached hydrogens (tertiary/aromatic N) is 3. The lowest BCUT2D eigenvalue weighted by atomic mass is 9.98. The van der Waals surface area contributed by atoms with Gasteiger partial charge in [0, 0.05) is 23.5 Å². The Labute approximate surface area is 140 Å². The van der Waals surface area contributed by atoms with Crippen LogP contribution in [0.5, 0.6) is 0 Å². The number of allylic oxidation sites excluding steroid dienone is 3. The summed E-state index contributed by atoms with van der Waals surface area (Å²) in [6.07, 6.45) is 7.80. The van der Waals surface area contributed by atoms with Crippen molar-refractivity contribution in [3.05, 3.63) is 47.8 Å². The summed E-state index contributed by atoms with van der Waals surface area (Å²) in [6.45, 7) is 3.18. The number of nitrogens with two attached hydrogens (primary N) is 1. The molecule has 2 amide bonds. The van der Waals surface area contributed by atoms with Crippen LogP contribution in [0.25, 0.3) is 0 Å². The highest BCUT2D eigenvalue weighted by Crippen LogP contribution is 2.31. The van der Waals surface area contributed by atoms with E-state index in [-0.39, 0.29) is 6.42 Å². The number of hydrogen-bond donors (Lipinski definition) is 2. The van der Waals surface area contributed by atoms with Crippen LogP contribution in [0.15, 0.2) is 47.4 Å². The first kappa shape index (κ1) is 17.5. The van der Waals surface area contributed by atoms with Gasteiger partial charge >= 0.3 is 6.03 Å². The molecule has 24 heavy (non-hydrogen) atoms. The second-order valence-corrected chi connectivity index (χ2v) is 7.84. The molecule has 0 fully saturated rings. The Balaban J connectivity index is 2.37. The lowest BCUT2D eigenvalue weighted by molar-refractivity contribution is 0.249. The average molecular weight is 347 g/mol. The normalized spacial score (nSPS) is 21.0. The maximum Gasteiger partial charge on any atom is 0.332 e. The lowest BCUT2D eigenvalue weighted by Gasteiger charge is -2.27. The Bertz CT molecular complexity index is 902. The summed E-state index contributed by atoms with van der Waals surface area (Å²) in [6, 6.07) is 2.72. The minimum absolute atomic E-state index is 0.268. The van der Waals surface area contributed by atoms with Crippen molar-refractivity contribution < 1.29 is 13.2 Å². The molecule has 9 heteroatoms. The molecule has 0 aromatic carbocycles. The van der Waals surface area contributed by atoms with Gasteiger partial charge in [0.05, 0.1) is 11.8 Å².